The van der Waals surface area contributed by atoms with Crippen LogP contribution in [0.3, 0.4) is 0 Å². The summed E-state index contributed by atoms with van der Waals surface area (Å²) in [6, 6.07) is 0. The van der Waals surface area contributed by atoms with Crippen molar-refractivity contribution in [2.45, 2.75) is 6.54 Å². The molecule has 1 heterocycles. The van der Waals surface area contributed by atoms with Crippen LogP contribution in [0.15, 0.2) is 6.20 Å². The molecule has 0 atom stereocenters. The fraction of sp³-hybridized carbons (Fsp3) is 0.250. The molecule has 0 aliphatic rings. The normalized spacial score (nSPS) is 9.75. The topological polar surface area (TPSA) is 40.5 Å². The Morgan fingerprint density at radius 3 is 2.88 bits per heavy atom. The molecule has 0 aromatic carbocycles. The first-order valence-electron chi connectivity index (χ1n) is 2.22. The van der Waals surface area contributed by atoms with Crippen LogP contribution in [0.4, 0.5) is 0 Å². The van der Waals surface area contributed by atoms with Gasteiger partial charge in [-0.3, -0.25) is 0 Å². The van der Waals surface area contributed by atoms with Gasteiger partial charge in [-0.1, -0.05) is 11.6 Å². The number of aromatic nitrogens is 1. The van der Waals surface area contributed by atoms with Crippen molar-refractivity contribution in [3.05, 3.63) is 15.5 Å². The molecule has 0 amide bonds. The summed E-state index contributed by atoms with van der Waals surface area (Å²) < 4.78 is 0.601. The van der Waals surface area contributed by atoms with Gasteiger partial charge in [0.05, 0.1) is 4.88 Å². The molecule has 2 nitrogen and oxygen atoms in total. The smallest absolute Gasteiger partial charge is 0.183 e. The van der Waals surface area contributed by atoms with Gasteiger partial charge in [-0.25, -0.2) is 4.98 Å². The average molecular weight is 150 g/mol. The number of nitrogens with zero attached hydrogens (tertiary/aromatic N) is 1. The average Bonchev–Trinajstić information content (AvgIpc) is 2.14. The maximum Gasteiger partial charge on any atom is 0.183 e. The van der Waals surface area contributed by atoms with Crippen molar-refractivity contribution in [2.75, 3.05) is 0 Å². The number of hydrogen-bond acceptors (Lipinski definition) is 2. The third-order valence-corrected chi connectivity index (χ3v) is 1.95. The number of thiazole rings is 1. The second-order valence-corrected chi connectivity index (χ2v) is 3.03. The van der Waals surface area contributed by atoms with Gasteiger partial charge in [-0.2, -0.15) is 0 Å². The van der Waals surface area contributed by atoms with Crippen LogP contribution in [0.25, 0.3) is 0 Å². The predicted octanol–water partition coefficient (Wildman–Crippen LogP) is 0.538. The third-order valence-electron chi connectivity index (χ3n) is 0.772. The van der Waals surface area contributed by atoms with Crippen LogP contribution in [-0.4, -0.2) is 4.98 Å². The standard InChI is InChI=1S/C4H5ClN2S/c5-4-7-2-3(1-6)8-4/h2H,1,6H2/p+1. The van der Waals surface area contributed by atoms with E-state index in [9.17, 15) is 0 Å². The maximum atomic E-state index is 5.52. The number of rotatable bonds is 1. The van der Waals surface area contributed by atoms with Gasteiger partial charge in [0.1, 0.15) is 6.54 Å². The monoisotopic (exact) mass is 149 g/mol. The molecule has 0 saturated carbocycles. The predicted molar refractivity (Wildman–Crippen MR) is 33.7 cm³/mol. The Kier molecular flexibility index (Phi) is 1.83. The summed E-state index contributed by atoms with van der Waals surface area (Å²) in [6.07, 6.45) is 1.75. The minimum Gasteiger partial charge on any atom is -0.353 e. The van der Waals surface area contributed by atoms with Gasteiger partial charge >= 0.3 is 0 Å². The zero-order chi connectivity index (χ0) is 5.98. The quantitative estimate of drug-likeness (QED) is 0.622. The first kappa shape index (κ1) is 6.01. The molecule has 0 fully saturated rings. The van der Waals surface area contributed by atoms with E-state index in [1.807, 2.05) is 0 Å². The maximum absolute atomic E-state index is 5.52. The van der Waals surface area contributed by atoms with Gasteiger partial charge in [0.15, 0.2) is 4.47 Å². The summed E-state index contributed by atoms with van der Waals surface area (Å²) in [5.41, 5.74) is 3.68. The third kappa shape index (κ3) is 1.18. The zero-order valence-corrected chi connectivity index (χ0v) is 5.80. The molecule has 0 radical (unpaired) electrons. The van der Waals surface area contributed by atoms with Crippen LogP contribution in [0.2, 0.25) is 4.47 Å². The van der Waals surface area contributed by atoms with Crippen LogP contribution >= 0.6 is 22.9 Å². The zero-order valence-electron chi connectivity index (χ0n) is 4.22. The lowest BCUT2D eigenvalue weighted by Crippen LogP contribution is -2.47. The van der Waals surface area contributed by atoms with E-state index >= 15 is 0 Å². The summed E-state index contributed by atoms with van der Waals surface area (Å²) in [6.45, 7) is 0.782. The summed E-state index contributed by atoms with van der Waals surface area (Å²) >= 11 is 7.00. The van der Waals surface area contributed by atoms with Gasteiger partial charge < -0.3 is 5.73 Å². The SMILES string of the molecule is [NH3+]Cc1cnc(Cl)s1. The highest BCUT2D eigenvalue weighted by atomic mass is 35.5. The Morgan fingerprint density at radius 1 is 1.88 bits per heavy atom. The Bertz CT molecular complexity index is 174. The largest absolute Gasteiger partial charge is 0.353 e. The first-order valence-corrected chi connectivity index (χ1v) is 3.42. The van der Waals surface area contributed by atoms with E-state index in [0.717, 1.165) is 11.4 Å². The van der Waals surface area contributed by atoms with Crippen molar-refractivity contribution >= 4 is 22.9 Å². The molecule has 0 unspecified atom stereocenters. The summed E-state index contributed by atoms with van der Waals surface area (Å²) in [7, 11) is 0. The lowest BCUT2D eigenvalue weighted by atomic mass is 10.6. The van der Waals surface area contributed by atoms with Gasteiger partial charge in [-0.05, 0) is 0 Å². The molecule has 0 aliphatic heterocycles. The van der Waals surface area contributed by atoms with Crippen LogP contribution in [0.1, 0.15) is 4.88 Å². The molecule has 0 saturated heterocycles. The van der Waals surface area contributed by atoms with Gasteiger partial charge in [-0.15, -0.1) is 11.3 Å². The van der Waals surface area contributed by atoms with E-state index in [0.29, 0.717) is 4.47 Å². The van der Waals surface area contributed by atoms with Gasteiger partial charge in [0.25, 0.3) is 0 Å². The second-order valence-electron chi connectivity index (χ2n) is 1.33. The van der Waals surface area contributed by atoms with E-state index in [4.69, 9.17) is 11.6 Å². The molecule has 4 heteroatoms. The number of quaternary nitrogens is 1. The molecule has 44 valence electrons. The van der Waals surface area contributed by atoms with E-state index in [2.05, 4.69) is 10.7 Å². The second kappa shape index (κ2) is 2.44. The lowest BCUT2D eigenvalue weighted by Gasteiger charge is -1.75. The molecule has 0 bridgehead atoms. The number of halogens is 1. The lowest BCUT2D eigenvalue weighted by molar-refractivity contribution is -0.385. The Hall–Kier alpha value is -0.120. The molecular weight excluding hydrogens is 144 g/mol. The van der Waals surface area contributed by atoms with Gasteiger partial charge in [0.2, 0.25) is 0 Å². The minimum atomic E-state index is 0.601. The van der Waals surface area contributed by atoms with Crippen molar-refractivity contribution in [3.63, 3.8) is 0 Å². The van der Waals surface area contributed by atoms with Crippen LogP contribution in [0.5, 0.6) is 0 Å². The van der Waals surface area contributed by atoms with E-state index < -0.39 is 0 Å². The molecule has 8 heavy (non-hydrogen) atoms. The van der Waals surface area contributed by atoms with Crippen molar-refractivity contribution in [1.82, 2.24) is 4.98 Å². The van der Waals surface area contributed by atoms with Crippen molar-refractivity contribution in [2.24, 2.45) is 0 Å². The van der Waals surface area contributed by atoms with E-state index in [-0.39, 0.29) is 0 Å². The van der Waals surface area contributed by atoms with Crippen molar-refractivity contribution < 1.29 is 5.73 Å². The summed E-state index contributed by atoms with van der Waals surface area (Å²) in [4.78, 5) is 4.97. The highest BCUT2D eigenvalue weighted by Gasteiger charge is 1.95. The molecule has 0 aliphatic carbocycles. The van der Waals surface area contributed by atoms with Crippen LogP contribution in [-0.2, 0) is 6.54 Å². The highest BCUT2D eigenvalue weighted by molar-refractivity contribution is 7.15. The number of hydrogen-bond donors (Lipinski definition) is 1. The summed E-state index contributed by atoms with van der Waals surface area (Å²) in [5.74, 6) is 0. The summed E-state index contributed by atoms with van der Waals surface area (Å²) in [5, 5.41) is 0. The molecule has 1 aromatic heterocycles. The molecule has 0 spiro atoms. The fourth-order valence-corrected chi connectivity index (χ4v) is 1.27. The van der Waals surface area contributed by atoms with E-state index in [1.54, 1.807) is 6.20 Å². The van der Waals surface area contributed by atoms with Crippen LogP contribution < -0.4 is 5.73 Å². The Balaban J connectivity index is 2.84. The fourth-order valence-electron chi connectivity index (χ4n) is 0.399. The first-order chi connectivity index (χ1) is 3.83. The van der Waals surface area contributed by atoms with E-state index in [1.165, 1.54) is 11.3 Å². The van der Waals surface area contributed by atoms with Crippen molar-refractivity contribution in [1.29, 1.82) is 0 Å². The minimum absolute atomic E-state index is 0.601. The van der Waals surface area contributed by atoms with Gasteiger partial charge in [0, 0.05) is 6.20 Å². The van der Waals surface area contributed by atoms with Crippen LogP contribution in [0, 0.1) is 0 Å². The molecule has 3 N–H and O–H groups in total. The highest BCUT2D eigenvalue weighted by Crippen LogP contribution is 2.15. The Morgan fingerprint density at radius 2 is 2.62 bits per heavy atom. The molecule has 1 aromatic rings. The van der Waals surface area contributed by atoms with Crippen molar-refractivity contribution in [3.8, 4) is 0 Å². The molecule has 1 rings (SSSR count). The Labute approximate surface area is 56.3 Å². The molecular formula is C4H6ClN2S+.